The first-order chi connectivity index (χ1) is 9.37. The molecule has 1 aromatic rings. The fourth-order valence-electron chi connectivity index (χ4n) is 1.93. The van der Waals surface area contributed by atoms with Gasteiger partial charge in [-0.3, -0.25) is 0 Å². The second-order valence-electron chi connectivity index (χ2n) is 4.39. The van der Waals surface area contributed by atoms with Gasteiger partial charge in [0.1, 0.15) is 0 Å². The van der Waals surface area contributed by atoms with E-state index >= 15 is 0 Å². The molecule has 1 fully saturated rings. The Morgan fingerprint density at radius 1 is 1.20 bits per heavy atom. The number of aliphatic hydroxyl groups excluding tert-OH is 1. The molecule has 20 heavy (non-hydrogen) atoms. The van der Waals surface area contributed by atoms with Crippen molar-refractivity contribution in [2.24, 2.45) is 0 Å². The minimum Gasteiger partial charge on any atom is -0.381 e. The number of hydrogen-bond acceptors (Lipinski definition) is 4. The minimum atomic E-state index is -4.94. The number of rotatable bonds is 4. The van der Waals surface area contributed by atoms with Gasteiger partial charge in [-0.25, -0.2) is 8.42 Å². The van der Waals surface area contributed by atoms with Crippen molar-refractivity contribution in [3.63, 3.8) is 0 Å². The summed E-state index contributed by atoms with van der Waals surface area (Å²) in [5.41, 5.74) is -0.144. The van der Waals surface area contributed by atoms with Gasteiger partial charge in [-0.2, -0.15) is 13.1 Å². The molecule has 0 saturated carbocycles. The van der Waals surface area contributed by atoms with Crippen LogP contribution in [0, 0.1) is 0 Å². The first-order valence-corrected chi connectivity index (χ1v) is 7.49. The molecule has 1 saturated heterocycles. The van der Waals surface area contributed by atoms with Gasteiger partial charge in [-0.05, 0) is 5.56 Å². The molecular weight excluding hydrogens is 292 g/mol. The number of hydrogen-bond donors (Lipinski definition) is 1. The Kier molecular flexibility index (Phi) is 4.38. The molecular formula is C12H15F2NO4S. The second-order valence-corrected chi connectivity index (χ2v) is 6.40. The number of nitrogens with zero attached hydrogens (tertiary/aromatic N) is 1. The Balaban J connectivity index is 2.28. The molecule has 2 rings (SSSR count). The summed E-state index contributed by atoms with van der Waals surface area (Å²) in [7, 11) is -4.94. The molecule has 0 aliphatic carbocycles. The van der Waals surface area contributed by atoms with E-state index in [0.29, 0.717) is 4.31 Å². The number of alkyl halides is 2. The van der Waals surface area contributed by atoms with Crippen LogP contribution in [0.4, 0.5) is 8.78 Å². The molecule has 0 bridgehead atoms. The van der Waals surface area contributed by atoms with E-state index in [4.69, 9.17) is 4.74 Å². The molecule has 5 nitrogen and oxygen atoms in total. The molecule has 1 aliphatic rings. The fraction of sp³-hybridized carbons (Fsp3) is 0.500. The van der Waals surface area contributed by atoms with Crippen molar-refractivity contribution in [1.29, 1.82) is 0 Å². The highest BCUT2D eigenvalue weighted by atomic mass is 32.2. The van der Waals surface area contributed by atoms with Crippen molar-refractivity contribution in [3.05, 3.63) is 35.9 Å². The zero-order valence-electron chi connectivity index (χ0n) is 10.6. The molecule has 0 amide bonds. The smallest absolute Gasteiger partial charge is 0.381 e. The highest BCUT2D eigenvalue weighted by Gasteiger charge is 2.55. The van der Waals surface area contributed by atoms with Gasteiger partial charge in [0.05, 0.1) is 13.2 Å². The first-order valence-electron chi connectivity index (χ1n) is 6.05. The van der Waals surface area contributed by atoms with Crippen LogP contribution in [-0.2, 0) is 14.8 Å². The van der Waals surface area contributed by atoms with E-state index < -0.39 is 21.4 Å². The molecule has 112 valence electrons. The van der Waals surface area contributed by atoms with Crippen molar-refractivity contribution in [2.75, 3.05) is 26.3 Å². The summed E-state index contributed by atoms with van der Waals surface area (Å²) in [5.74, 6) is 0. The average Bonchev–Trinajstić information content (AvgIpc) is 2.48. The molecule has 1 unspecified atom stereocenters. The maximum absolute atomic E-state index is 14.1. The van der Waals surface area contributed by atoms with Crippen molar-refractivity contribution < 1.29 is 27.0 Å². The van der Waals surface area contributed by atoms with E-state index in [9.17, 15) is 22.3 Å². The third-order valence-corrected chi connectivity index (χ3v) is 5.04. The average molecular weight is 307 g/mol. The summed E-state index contributed by atoms with van der Waals surface area (Å²) in [6.45, 7) is -0.146. The minimum absolute atomic E-state index is 0.0662. The lowest BCUT2D eigenvalue weighted by atomic mass is 10.1. The Morgan fingerprint density at radius 2 is 1.75 bits per heavy atom. The van der Waals surface area contributed by atoms with Gasteiger partial charge in [0, 0.05) is 13.1 Å². The third kappa shape index (κ3) is 2.69. The third-order valence-electron chi connectivity index (χ3n) is 3.09. The van der Waals surface area contributed by atoms with E-state index in [1.54, 1.807) is 6.07 Å². The Morgan fingerprint density at radius 3 is 2.30 bits per heavy atom. The Bertz CT molecular complexity index is 544. The van der Waals surface area contributed by atoms with E-state index in [2.05, 4.69) is 0 Å². The van der Waals surface area contributed by atoms with Gasteiger partial charge in [-0.15, -0.1) is 0 Å². The van der Waals surface area contributed by atoms with Gasteiger partial charge >= 0.3 is 5.25 Å². The summed E-state index contributed by atoms with van der Waals surface area (Å²) in [4.78, 5) is 0. The van der Waals surface area contributed by atoms with E-state index in [1.807, 2.05) is 0 Å². The van der Waals surface area contributed by atoms with Gasteiger partial charge in [0.2, 0.25) is 0 Å². The molecule has 0 aromatic heterocycles. The molecule has 1 aliphatic heterocycles. The number of morpholine rings is 1. The van der Waals surface area contributed by atoms with Crippen LogP contribution in [0.1, 0.15) is 11.7 Å². The van der Waals surface area contributed by atoms with Crippen LogP contribution >= 0.6 is 0 Å². The predicted molar refractivity (Wildman–Crippen MR) is 67.7 cm³/mol. The highest BCUT2D eigenvalue weighted by Crippen LogP contribution is 2.38. The van der Waals surface area contributed by atoms with Crippen molar-refractivity contribution in [2.45, 2.75) is 11.4 Å². The monoisotopic (exact) mass is 307 g/mol. The number of ether oxygens (including phenoxy) is 1. The standard InChI is InChI=1S/C12H15F2NO4S/c13-12(14,11(16)10-4-2-1-3-5-10)20(17,18)15-6-8-19-9-7-15/h1-5,11,16H,6-9H2. The van der Waals surface area contributed by atoms with E-state index in [0.717, 1.165) is 0 Å². The Labute approximate surface area is 115 Å². The number of benzene rings is 1. The summed E-state index contributed by atoms with van der Waals surface area (Å²) in [6.07, 6.45) is -2.41. The Hall–Kier alpha value is -1.09. The molecule has 8 heteroatoms. The van der Waals surface area contributed by atoms with Crippen LogP contribution in [-0.4, -0.2) is 49.4 Å². The van der Waals surface area contributed by atoms with Gasteiger partial charge in [0.15, 0.2) is 6.10 Å². The lowest BCUT2D eigenvalue weighted by Crippen LogP contribution is -2.50. The quantitative estimate of drug-likeness (QED) is 0.900. The zero-order valence-corrected chi connectivity index (χ0v) is 11.4. The van der Waals surface area contributed by atoms with Gasteiger partial charge in [0.25, 0.3) is 10.0 Å². The maximum Gasteiger partial charge on any atom is 0.388 e. The normalized spacial score (nSPS) is 19.8. The summed E-state index contributed by atoms with van der Waals surface area (Å²) in [5, 5.41) is 5.44. The number of halogens is 2. The van der Waals surface area contributed by atoms with Crippen LogP contribution in [0.15, 0.2) is 30.3 Å². The fourth-order valence-corrected chi connectivity index (χ4v) is 3.32. The SMILES string of the molecule is O=S(=O)(N1CCOCC1)C(F)(F)C(O)c1ccccc1. The second kappa shape index (κ2) is 5.72. The van der Waals surface area contributed by atoms with E-state index in [-0.39, 0.29) is 31.9 Å². The van der Waals surface area contributed by atoms with Gasteiger partial charge < -0.3 is 9.84 Å². The van der Waals surface area contributed by atoms with Crippen LogP contribution < -0.4 is 0 Å². The largest absolute Gasteiger partial charge is 0.388 e. The van der Waals surface area contributed by atoms with Crippen LogP contribution in [0.2, 0.25) is 0 Å². The van der Waals surface area contributed by atoms with Crippen LogP contribution in [0.25, 0.3) is 0 Å². The summed E-state index contributed by atoms with van der Waals surface area (Å²) < 4.78 is 57.8. The lowest BCUT2D eigenvalue weighted by molar-refractivity contribution is -0.0498. The molecule has 1 N–H and O–H groups in total. The topological polar surface area (TPSA) is 66.8 Å². The first kappa shape index (κ1) is 15.3. The molecule has 1 heterocycles. The van der Waals surface area contributed by atoms with Crippen LogP contribution in [0.5, 0.6) is 0 Å². The van der Waals surface area contributed by atoms with Crippen molar-refractivity contribution in [1.82, 2.24) is 4.31 Å². The van der Waals surface area contributed by atoms with Crippen molar-refractivity contribution in [3.8, 4) is 0 Å². The summed E-state index contributed by atoms with van der Waals surface area (Å²) >= 11 is 0. The molecule has 1 atom stereocenters. The maximum atomic E-state index is 14.1. The van der Waals surface area contributed by atoms with E-state index in [1.165, 1.54) is 24.3 Å². The highest BCUT2D eigenvalue weighted by molar-refractivity contribution is 7.90. The zero-order chi connectivity index (χ0) is 14.8. The van der Waals surface area contributed by atoms with Crippen LogP contribution in [0.3, 0.4) is 0 Å². The lowest BCUT2D eigenvalue weighted by Gasteiger charge is -2.31. The number of aliphatic hydroxyl groups is 1. The molecule has 0 radical (unpaired) electrons. The van der Waals surface area contributed by atoms with Gasteiger partial charge in [-0.1, -0.05) is 30.3 Å². The molecule has 1 aromatic carbocycles. The number of sulfonamides is 1. The summed E-state index contributed by atoms with van der Waals surface area (Å²) in [6, 6.07) is 7.01. The van der Waals surface area contributed by atoms with Crippen molar-refractivity contribution >= 4 is 10.0 Å². The predicted octanol–water partition coefficient (Wildman–Crippen LogP) is 0.975. The molecule has 0 spiro atoms.